The number of rotatable bonds is 4. The predicted molar refractivity (Wildman–Crippen MR) is 85.8 cm³/mol. The van der Waals surface area contributed by atoms with Crippen molar-refractivity contribution in [2.24, 2.45) is 0 Å². The summed E-state index contributed by atoms with van der Waals surface area (Å²) in [6.45, 7) is 0. The van der Waals surface area contributed by atoms with E-state index in [-0.39, 0.29) is 10.8 Å². The molecule has 0 aliphatic rings. The van der Waals surface area contributed by atoms with Gasteiger partial charge in [0.15, 0.2) is 0 Å². The largest absolute Gasteiger partial charge is 0.205 e. The molecule has 0 fully saturated rings. The Balaban J connectivity index is 2.18. The number of hydrogen-bond donors (Lipinski definition) is 0. The lowest BCUT2D eigenvalue weighted by Gasteiger charge is -2.15. The molecule has 0 bridgehead atoms. The molecule has 0 N–H and O–H groups in total. The first-order valence-corrected chi connectivity index (χ1v) is 8.14. The van der Waals surface area contributed by atoms with E-state index in [1.807, 2.05) is 12.1 Å². The van der Waals surface area contributed by atoms with E-state index in [9.17, 15) is 4.39 Å². The van der Waals surface area contributed by atoms with Crippen LogP contribution in [0.5, 0.6) is 0 Å². The predicted octanol–water partition coefficient (Wildman–Crippen LogP) is 5.96. The molecule has 0 saturated heterocycles. The normalized spacial score (nSPS) is 12.4. The molecule has 0 amide bonds. The second-order valence-corrected chi connectivity index (χ2v) is 6.33. The van der Waals surface area contributed by atoms with Crippen molar-refractivity contribution in [3.05, 3.63) is 68.9 Å². The fourth-order valence-electron chi connectivity index (χ4n) is 1.95. The van der Waals surface area contributed by atoms with Crippen molar-refractivity contribution in [1.29, 1.82) is 0 Å². The van der Waals surface area contributed by atoms with E-state index in [0.717, 1.165) is 21.8 Å². The first kappa shape index (κ1) is 15.0. The van der Waals surface area contributed by atoms with E-state index in [4.69, 9.17) is 11.6 Å². The Morgan fingerprint density at radius 2 is 1.79 bits per heavy atom. The molecule has 0 aromatic heterocycles. The zero-order chi connectivity index (χ0) is 13.8. The molecule has 1 atom stereocenters. The first-order chi connectivity index (χ1) is 9.10. The van der Waals surface area contributed by atoms with E-state index in [0.29, 0.717) is 5.92 Å². The van der Waals surface area contributed by atoms with Crippen molar-refractivity contribution in [1.82, 2.24) is 0 Å². The third kappa shape index (κ3) is 4.04. The van der Waals surface area contributed by atoms with Crippen molar-refractivity contribution in [3.8, 4) is 0 Å². The smallest absolute Gasteiger partial charge is 0.141 e. The number of alkyl halides is 1. The summed E-state index contributed by atoms with van der Waals surface area (Å²) in [5.74, 6) is -0.0286. The van der Waals surface area contributed by atoms with Crippen LogP contribution in [-0.2, 0) is 6.42 Å². The molecular weight excluding hydrogens is 394 g/mol. The third-order valence-electron chi connectivity index (χ3n) is 2.99. The van der Waals surface area contributed by atoms with Gasteiger partial charge in [-0.25, -0.2) is 4.39 Å². The Bertz CT molecular complexity index is 555. The van der Waals surface area contributed by atoms with Crippen molar-refractivity contribution in [2.45, 2.75) is 12.3 Å². The summed E-state index contributed by atoms with van der Waals surface area (Å²) in [4.78, 5) is 0. The topological polar surface area (TPSA) is 0 Å². The lowest BCUT2D eigenvalue weighted by molar-refractivity contribution is 0.626. The fraction of sp³-hybridized carbons (Fsp3) is 0.200. The van der Waals surface area contributed by atoms with Gasteiger partial charge in [-0.05, 0) is 47.7 Å². The van der Waals surface area contributed by atoms with Crippen molar-refractivity contribution < 1.29 is 4.39 Å². The molecule has 4 heteroatoms. The summed E-state index contributed by atoms with van der Waals surface area (Å²) in [6, 6.07) is 13.2. The maximum absolute atomic E-state index is 13.1. The maximum atomic E-state index is 13.1. The van der Waals surface area contributed by atoms with Crippen LogP contribution in [-0.4, -0.2) is 5.33 Å². The number of hydrogen-bond acceptors (Lipinski definition) is 0. The Hall–Kier alpha value is -0.380. The first-order valence-electron chi connectivity index (χ1n) is 5.85. The zero-order valence-corrected chi connectivity index (χ0v) is 14.0. The minimum absolute atomic E-state index is 0.182. The average Bonchev–Trinajstić information content (AvgIpc) is 2.41. The molecule has 0 saturated carbocycles. The van der Waals surface area contributed by atoms with Crippen LogP contribution in [0.15, 0.2) is 46.9 Å². The van der Waals surface area contributed by atoms with Gasteiger partial charge < -0.3 is 0 Å². The minimum atomic E-state index is -0.371. The van der Waals surface area contributed by atoms with Crippen molar-refractivity contribution >= 4 is 43.5 Å². The Kier molecular flexibility index (Phi) is 5.43. The van der Waals surface area contributed by atoms with E-state index in [1.165, 1.54) is 11.6 Å². The molecular formula is C15H12Br2ClF. The van der Waals surface area contributed by atoms with E-state index in [1.54, 1.807) is 12.1 Å². The van der Waals surface area contributed by atoms with Gasteiger partial charge in [0.1, 0.15) is 5.82 Å². The highest BCUT2D eigenvalue weighted by atomic mass is 79.9. The molecule has 19 heavy (non-hydrogen) atoms. The van der Waals surface area contributed by atoms with Crippen LogP contribution < -0.4 is 0 Å². The highest BCUT2D eigenvalue weighted by Crippen LogP contribution is 2.26. The van der Waals surface area contributed by atoms with E-state index in [2.05, 4.69) is 44.0 Å². The SMILES string of the molecule is Fc1ccc(CC(CBr)c2ccc(Br)cc2)cc1Cl. The Morgan fingerprint density at radius 3 is 2.37 bits per heavy atom. The Morgan fingerprint density at radius 1 is 1.11 bits per heavy atom. The van der Waals surface area contributed by atoms with Crippen LogP contribution in [0.2, 0.25) is 5.02 Å². The summed E-state index contributed by atoms with van der Waals surface area (Å²) >= 11 is 12.8. The van der Waals surface area contributed by atoms with Crippen LogP contribution >= 0.6 is 43.5 Å². The molecule has 1 unspecified atom stereocenters. The third-order valence-corrected chi connectivity index (χ3v) is 4.59. The van der Waals surface area contributed by atoms with Crippen LogP contribution in [0.4, 0.5) is 4.39 Å². The van der Waals surface area contributed by atoms with E-state index < -0.39 is 0 Å². The molecule has 0 heterocycles. The standard InChI is InChI=1S/C15H12Br2ClF/c16-9-12(11-2-4-13(17)5-3-11)7-10-1-6-15(19)14(18)8-10/h1-6,8,12H,7,9H2. The molecule has 2 aromatic carbocycles. The molecule has 2 rings (SSSR count). The average molecular weight is 407 g/mol. The summed E-state index contributed by atoms with van der Waals surface area (Å²) in [7, 11) is 0. The highest BCUT2D eigenvalue weighted by Gasteiger charge is 2.12. The summed E-state index contributed by atoms with van der Waals surface area (Å²) in [6.07, 6.45) is 0.826. The molecule has 0 aliphatic carbocycles. The number of benzene rings is 2. The number of halogens is 4. The quantitative estimate of drug-likeness (QED) is 0.550. The van der Waals surface area contributed by atoms with Crippen LogP contribution in [0.25, 0.3) is 0 Å². The molecule has 0 nitrogen and oxygen atoms in total. The van der Waals surface area contributed by atoms with E-state index >= 15 is 0 Å². The minimum Gasteiger partial charge on any atom is -0.205 e. The van der Waals surface area contributed by atoms with Crippen LogP contribution in [0.3, 0.4) is 0 Å². The van der Waals surface area contributed by atoms with Gasteiger partial charge in [0.2, 0.25) is 0 Å². The van der Waals surface area contributed by atoms with Crippen molar-refractivity contribution in [2.75, 3.05) is 5.33 Å². The van der Waals surface area contributed by atoms with Crippen LogP contribution in [0.1, 0.15) is 17.0 Å². The Labute approximate surface area is 134 Å². The van der Waals surface area contributed by atoms with Gasteiger partial charge in [-0.3, -0.25) is 0 Å². The fourth-order valence-corrected chi connectivity index (χ4v) is 3.02. The van der Waals surface area contributed by atoms with Gasteiger partial charge in [0.05, 0.1) is 5.02 Å². The molecule has 100 valence electrons. The van der Waals surface area contributed by atoms with Gasteiger partial charge in [-0.2, -0.15) is 0 Å². The lowest BCUT2D eigenvalue weighted by atomic mass is 9.94. The van der Waals surface area contributed by atoms with Crippen molar-refractivity contribution in [3.63, 3.8) is 0 Å². The van der Waals surface area contributed by atoms with Gasteiger partial charge in [-0.1, -0.05) is 61.7 Å². The second-order valence-electron chi connectivity index (χ2n) is 4.36. The highest BCUT2D eigenvalue weighted by molar-refractivity contribution is 9.10. The summed E-state index contributed by atoms with van der Waals surface area (Å²) in [5.41, 5.74) is 2.29. The van der Waals surface area contributed by atoms with Gasteiger partial charge in [-0.15, -0.1) is 0 Å². The summed E-state index contributed by atoms with van der Waals surface area (Å²) in [5, 5.41) is 1.03. The molecule has 2 aromatic rings. The second kappa shape index (κ2) is 6.87. The van der Waals surface area contributed by atoms with Gasteiger partial charge >= 0.3 is 0 Å². The summed E-state index contributed by atoms with van der Waals surface area (Å²) < 4.78 is 14.2. The maximum Gasteiger partial charge on any atom is 0.141 e. The molecule has 0 spiro atoms. The van der Waals surface area contributed by atoms with Crippen LogP contribution in [0, 0.1) is 5.82 Å². The lowest BCUT2D eigenvalue weighted by Crippen LogP contribution is -2.04. The van der Waals surface area contributed by atoms with Gasteiger partial charge in [0, 0.05) is 9.80 Å². The van der Waals surface area contributed by atoms with Gasteiger partial charge in [0.25, 0.3) is 0 Å². The monoisotopic (exact) mass is 404 g/mol. The molecule has 0 aliphatic heterocycles. The molecule has 0 radical (unpaired) electrons. The zero-order valence-electron chi connectivity index (χ0n) is 10.0.